The van der Waals surface area contributed by atoms with Gasteiger partial charge in [-0.3, -0.25) is 4.79 Å². The number of anilines is 1. The third-order valence-electron chi connectivity index (χ3n) is 3.55. The second kappa shape index (κ2) is 8.50. The number of aromatic hydroxyl groups is 1. The molecule has 0 aromatic heterocycles. The molecule has 0 aliphatic rings. The number of rotatable bonds is 6. The van der Waals surface area contributed by atoms with E-state index in [2.05, 4.69) is 44.1 Å². The van der Waals surface area contributed by atoms with Gasteiger partial charge in [-0.25, -0.2) is 0 Å². The van der Waals surface area contributed by atoms with E-state index in [0.29, 0.717) is 10.2 Å². The van der Waals surface area contributed by atoms with Gasteiger partial charge in [0.05, 0.1) is 10.0 Å². The highest BCUT2D eigenvalue weighted by molar-refractivity contribution is 9.11. The van der Waals surface area contributed by atoms with Crippen LogP contribution in [-0.4, -0.2) is 11.0 Å². The number of unbranched alkanes of at least 4 members (excludes halogenated alkanes) is 2. The molecule has 1 amide bonds. The quantitative estimate of drug-likeness (QED) is 0.549. The van der Waals surface area contributed by atoms with Crippen molar-refractivity contribution in [2.24, 2.45) is 0 Å². The van der Waals surface area contributed by atoms with Gasteiger partial charge in [0.1, 0.15) is 5.75 Å². The van der Waals surface area contributed by atoms with E-state index in [1.807, 2.05) is 24.3 Å². The van der Waals surface area contributed by atoms with E-state index in [4.69, 9.17) is 0 Å². The SMILES string of the molecule is CCCCCc1ccc(NC(=O)c2cc(Br)cc(Br)c2O)cc1. The van der Waals surface area contributed by atoms with Crippen molar-refractivity contribution in [1.29, 1.82) is 0 Å². The Balaban J connectivity index is 2.06. The second-order valence-corrected chi connectivity index (χ2v) is 7.16. The molecule has 0 fully saturated rings. The predicted molar refractivity (Wildman–Crippen MR) is 101 cm³/mol. The summed E-state index contributed by atoms with van der Waals surface area (Å²) in [4.78, 5) is 12.3. The molecule has 0 spiro atoms. The molecule has 2 N–H and O–H groups in total. The molecular weight excluding hydrogens is 422 g/mol. The van der Waals surface area contributed by atoms with E-state index in [1.165, 1.54) is 24.8 Å². The number of phenolic OH excluding ortho intramolecular Hbond substituents is 1. The molecule has 5 heteroatoms. The minimum Gasteiger partial charge on any atom is -0.506 e. The zero-order valence-corrected chi connectivity index (χ0v) is 16.1. The van der Waals surface area contributed by atoms with Crippen LogP contribution in [-0.2, 0) is 6.42 Å². The lowest BCUT2D eigenvalue weighted by molar-refractivity contribution is 0.102. The molecule has 2 rings (SSSR count). The number of benzene rings is 2. The monoisotopic (exact) mass is 439 g/mol. The maximum absolute atomic E-state index is 12.3. The van der Waals surface area contributed by atoms with E-state index in [1.54, 1.807) is 12.1 Å². The van der Waals surface area contributed by atoms with Gasteiger partial charge in [-0.2, -0.15) is 0 Å². The smallest absolute Gasteiger partial charge is 0.259 e. The fraction of sp³-hybridized carbons (Fsp3) is 0.278. The number of hydrogen-bond donors (Lipinski definition) is 2. The Morgan fingerprint density at radius 3 is 2.48 bits per heavy atom. The Morgan fingerprint density at radius 1 is 1.13 bits per heavy atom. The van der Waals surface area contributed by atoms with Gasteiger partial charge in [0.15, 0.2) is 0 Å². The largest absolute Gasteiger partial charge is 0.506 e. The Labute approximate surface area is 153 Å². The van der Waals surface area contributed by atoms with Gasteiger partial charge >= 0.3 is 0 Å². The molecule has 122 valence electrons. The fourth-order valence-corrected chi connectivity index (χ4v) is 3.50. The van der Waals surface area contributed by atoms with Crippen LogP contribution in [0.4, 0.5) is 5.69 Å². The molecule has 0 atom stereocenters. The van der Waals surface area contributed by atoms with Crippen LogP contribution in [0.15, 0.2) is 45.3 Å². The van der Waals surface area contributed by atoms with Crippen molar-refractivity contribution in [2.75, 3.05) is 5.32 Å². The van der Waals surface area contributed by atoms with Crippen LogP contribution >= 0.6 is 31.9 Å². The molecular formula is C18H19Br2NO2. The summed E-state index contributed by atoms with van der Waals surface area (Å²) in [6.45, 7) is 2.19. The lowest BCUT2D eigenvalue weighted by Crippen LogP contribution is -2.12. The van der Waals surface area contributed by atoms with E-state index >= 15 is 0 Å². The van der Waals surface area contributed by atoms with Gasteiger partial charge in [0, 0.05) is 10.2 Å². The van der Waals surface area contributed by atoms with E-state index in [-0.39, 0.29) is 17.2 Å². The zero-order valence-electron chi connectivity index (χ0n) is 12.9. The number of aryl methyl sites for hydroxylation is 1. The molecule has 23 heavy (non-hydrogen) atoms. The normalized spacial score (nSPS) is 10.6. The van der Waals surface area contributed by atoms with Crippen LogP contribution in [0.5, 0.6) is 5.75 Å². The maximum atomic E-state index is 12.3. The molecule has 0 aliphatic heterocycles. The average molecular weight is 441 g/mol. The highest BCUT2D eigenvalue weighted by Crippen LogP contribution is 2.32. The van der Waals surface area contributed by atoms with Gasteiger partial charge in [-0.05, 0) is 58.6 Å². The number of phenols is 1. The van der Waals surface area contributed by atoms with Crippen molar-refractivity contribution < 1.29 is 9.90 Å². The van der Waals surface area contributed by atoms with Gasteiger partial charge in [-0.15, -0.1) is 0 Å². The van der Waals surface area contributed by atoms with Crippen LogP contribution in [0.3, 0.4) is 0 Å². The molecule has 0 aliphatic carbocycles. The van der Waals surface area contributed by atoms with Gasteiger partial charge < -0.3 is 10.4 Å². The lowest BCUT2D eigenvalue weighted by atomic mass is 10.1. The molecule has 2 aromatic carbocycles. The number of halogens is 2. The maximum Gasteiger partial charge on any atom is 0.259 e. The Morgan fingerprint density at radius 2 is 1.83 bits per heavy atom. The van der Waals surface area contributed by atoms with Gasteiger partial charge in [0.25, 0.3) is 5.91 Å². The first-order chi connectivity index (χ1) is 11.0. The first-order valence-corrected chi connectivity index (χ1v) is 9.18. The van der Waals surface area contributed by atoms with Crippen molar-refractivity contribution in [3.05, 3.63) is 56.5 Å². The molecule has 0 bridgehead atoms. The van der Waals surface area contributed by atoms with Crippen LogP contribution in [0.1, 0.15) is 42.1 Å². The van der Waals surface area contributed by atoms with Crippen LogP contribution in [0.2, 0.25) is 0 Å². The predicted octanol–water partition coefficient (Wildman–Crippen LogP) is 5.90. The molecule has 0 radical (unpaired) electrons. The second-order valence-electron chi connectivity index (χ2n) is 5.39. The summed E-state index contributed by atoms with van der Waals surface area (Å²) in [5.74, 6) is -0.412. The number of nitrogens with one attached hydrogen (secondary N) is 1. The summed E-state index contributed by atoms with van der Waals surface area (Å²) >= 11 is 6.55. The van der Waals surface area contributed by atoms with Gasteiger partial charge in [-0.1, -0.05) is 47.8 Å². The first-order valence-electron chi connectivity index (χ1n) is 7.59. The Hall–Kier alpha value is -1.33. The standard InChI is InChI=1S/C18H19Br2NO2/c1-2-3-4-5-12-6-8-14(9-7-12)21-18(23)15-10-13(19)11-16(20)17(15)22/h6-11,22H,2-5H2,1H3,(H,21,23). The highest BCUT2D eigenvalue weighted by atomic mass is 79.9. The van der Waals surface area contributed by atoms with Crippen molar-refractivity contribution in [3.63, 3.8) is 0 Å². The zero-order chi connectivity index (χ0) is 16.8. The number of carbonyl (C=O) groups is 1. The number of carbonyl (C=O) groups excluding carboxylic acids is 1. The third kappa shape index (κ3) is 5.08. The van der Waals surface area contributed by atoms with E-state index < -0.39 is 0 Å². The van der Waals surface area contributed by atoms with E-state index in [0.717, 1.165) is 10.9 Å². The van der Waals surface area contributed by atoms with Crippen LogP contribution in [0, 0.1) is 0 Å². The minimum atomic E-state index is -0.344. The summed E-state index contributed by atoms with van der Waals surface area (Å²) in [7, 11) is 0. The minimum absolute atomic E-state index is 0.0677. The summed E-state index contributed by atoms with van der Waals surface area (Å²) < 4.78 is 1.20. The average Bonchev–Trinajstić information content (AvgIpc) is 2.52. The van der Waals surface area contributed by atoms with Crippen molar-refractivity contribution in [2.45, 2.75) is 32.6 Å². The van der Waals surface area contributed by atoms with Crippen LogP contribution in [0.25, 0.3) is 0 Å². The molecule has 3 nitrogen and oxygen atoms in total. The highest BCUT2D eigenvalue weighted by Gasteiger charge is 2.15. The first kappa shape index (κ1) is 18.0. The number of amides is 1. The lowest BCUT2D eigenvalue weighted by Gasteiger charge is -2.09. The molecule has 0 saturated carbocycles. The van der Waals surface area contributed by atoms with Gasteiger partial charge in [0.2, 0.25) is 0 Å². The van der Waals surface area contributed by atoms with E-state index in [9.17, 15) is 9.90 Å². The summed E-state index contributed by atoms with van der Waals surface area (Å²) in [6.07, 6.45) is 4.68. The van der Waals surface area contributed by atoms with Crippen molar-refractivity contribution in [3.8, 4) is 5.75 Å². The topological polar surface area (TPSA) is 49.3 Å². The molecule has 0 unspecified atom stereocenters. The van der Waals surface area contributed by atoms with Crippen LogP contribution < -0.4 is 5.32 Å². The summed E-state index contributed by atoms with van der Waals surface area (Å²) in [5.41, 5.74) is 2.20. The number of hydrogen-bond acceptors (Lipinski definition) is 2. The third-order valence-corrected chi connectivity index (χ3v) is 4.62. The molecule has 0 saturated heterocycles. The Kier molecular flexibility index (Phi) is 6.66. The molecule has 2 aromatic rings. The van der Waals surface area contributed by atoms with Crippen molar-refractivity contribution >= 4 is 43.5 Å². The fourth-order valence-electron chi connectivity index (χ4n) is 2.27. The summed E-state index contributed by atoms with van der Waals surface area (Å²) in [6, 6.07) is 11.1. The molecule has 0 heterocycles. The Bertz CT molecular complexity index is 684. The summed E-state index contributed by atoms with van der Waals surface area (Å²) in [5, 5.41) is 12.8. The van der Waals surface area contributed by atoms with Crippen molar-refractivity contribution in [1.82, 2.24) is 0 Å².